The third kappa shape index (κ3) is 4.25. The summed E-state index contributed by atoms with van der Waals surface area (Å²) >= 11 is 0. The monoisotopic (exact) mass is 498 g/mol. The Balaban J connectivity index is 1.35. The van der Waals surface area contributed by atoms with Gasteiger partial charge in [0, 0.05) is 64.0 Å². The fourth-order valence-electron chi connectivity index (χ4n) is 6.13. The molecule has 8 heteroatoms. The Labute approximate surface area is 216 Å². The number of aromatic nitrogens is 4. The van der Waals surface area contributed by atoms with E-state index >= 15 is 0 Å². The molecule has 3 aromatic heterocycles. The second kappa shape index (κ2) is 8.29. The first kappa shape index (κ1) is 23.9. The molecule has 0 radical (unpaired) electrons. The summed E-state index contributed by atoms with van der Waals surface area (Å²) in [4.78, 5) is 25.1. The molecule has 0 saturated heterocycles. The number of rotatable bonds is 4. The van der Waals surface area contributed by atoms with Crippen LogP contribution < -0.4 is 5.69 Å². The maximum Gasteiger partial charge on any atom is 0.330 e. The van der Waals surface area contributed by atoms with Gasteiger partial charge in [0.2, 0.25) is 0 Å². The van der Waals surface area contributed by atoms with Crippen LogP contribution in [0.3, 0.4) is 0 Å². The van der Waals surface area contributed by atoms with Gasteiger partial charge in [0.15, 0.2) is 11.5 Å². The fourth-order valence-corrected chi connectivity index (χ4v) is 6.13. The van der Waals surface area contributed by atoms with Crippen molar-refractivity contribution in [2.75, 3.05) is 13.1 Å². The topological polar surface area (TPSA) is 92.9 Å². The molecule has 0 spiro atoms. The van der Waals surface area contributed by atoms with Crippen molar-refractivity contribution in [1.82, 2.24) is 24.0 Å². The zero-order chi connectivity index (χ0) is 26.1. The third-order valence-electron chi connectivity index (χ3n) is 7.94. The fraction of sp³-hybridized carbons (Fsp3) is 0.517. The number of nitrogens with zero attached hydrogens (tertiary/aromatic N) is 6. The second-order valence-corrected chi connectivity index (χ2v) is 12.3. The van der Waals surface area contributed by atoms with E-state index in [4.69, 9.17) is 9.40 Å². The maximum atomic E-state index is 13.0. The second-order valence-electron chi connectivity index (χ2n) is 12.3. The third-order valence-corrected chi connectivity index (χ3v) is 7.94. The van der Waals surface area contributed by atoms with E-state index in [1.807, 2.05) is 23.6 Å². The van der Waals surface area contributed by atoms with Crippen molar-refractivity contribution in [3.05, 3.63) is 63.4 Å². The summed E-state index contributed by atoms with van der Waals surface area (Å²) in [6.07, 6.45) is 7.03. The standard InChI is InChI=1S/C29H34N6O2/c1-18-31-23-15-34(9-8-25(23)37-18)17-29-12-20(10-19(14-30)11-21(29)13-29)22-6-7-24-26(32-22)33(5)27(36)35(24)16-28(2,3)4/h6-7,11-12,21H,8-10,13,15-17H2,1-5H3. The van der Waals surface area contributed by atoms with Crippen LogP contribution in [0, 0.1) is 35.0 Å². The zero-order valence-electron chi connectivity index (χ0n) is 22.3. The summed E-state index contributed by atoms with van der Waals surface area (Å²) in [6, 6.07) is 6.46. The number of hydrogen-bond donors (Lipinski definition) is 0. The van der Waals surface area contributed by atoms with Gasteiger partial charge in [-0.1, -0.05) is 32.9 Å². The van der Waals surface area contributed by atoms with Crippen LogP contribution in [-0.4, -0.2) is 37.1 Å². The Morgan fingerprint density at radius 2 is 2.08 bits per heavy atom. The van der Waals surface area contributed by atoms with Crippen LogP contribution in [0.2, 0.25) is 0 Å². The lowest BCUT2D eigenvalue weighted by atomic mass is 9.96. The van der Waals surface area contributed by atoms with Crippen LogP contribution in [0.4, 0.5) is 0 Å². The lowest BCUT2D eigenvalue weighted by molar-refractivity contribution is 0.207. The molecule has 1 aliphatic heterocycles. The Kier molecular flexibility index (Phi) is 5.36. The van der Waals surface area contributed by atoms with Crippen LogP contribution in [0.25, 0.3) is 16.7 Å². The minimum absolute atomic E-state index is 0.00903. The predicted molar refractivity (Wildman–Crippen MR) is 141 cm³/mol. The number of nitriles is 1. The molecule has 4 heterocycles. The number of imidazole rings is 1. The molecule has 0 bridgehead atoms. The molecule has 3 aromatic rings. The average Bonchev–Trinajstić information content (AvgIpc) is 3.31. The molecule has 1 fully saturated rings. The number of aryl methyl sites for hydroxylation is 2. The highest BCUT2D eigenvalue weighted by Gasteiger charge is 2.53. The molecule has 6 rings (SSSR count). The summed E-state index contributed by atoms with van der Waals surface area (Å²) in [5.74, 6) is 2.12. The van der Waals surface area contributed by atoms with Gasteiger partial charge in [0.25, 0.3) is 0 Å². The molecular formula is C29H34N6O2. The van der Waals surface area contributed by atoms with Gasteiger partial charge in [-0.25, -0.2) is 14.8 Å². The largest absolute Gasteiger partial charge is 0.446 e. The van der Waals surface area contributed by atoms with E-state index in [9.17, 15) is 10.1 Å². The van der Waals surface area contributed by atoms with Crippen LogP contribution in [0.1, 0.15) is 56.7 Å². The van der Waals surface area contributed by atoms with E-state index < -0.39 is 0 Å². The Bertz CT molecular complexity index is 1570. The molecule has 3 aliphatic rings. The lowest BCUT2D eigenvalue weighted by Crippen LogP contribution is -2.35. The average molecular weight is 499 g/mol. The molecule has 2 unspecified atom stereocenters. The van der Waals surface area contributed by atoms with E-state index in [0.717, 1.165) is 72.2 Å². The summed E-state index contributed by atoms with van der Waals surface area (Å²) in [7, 11) is 1.79. The van der Waals surface area contributed by atoms with Crippen LogP contribution >= 0.6 is 0 Å². The van der Waals surface area contributed by atoms with Gasteiger partial charge < -0.3 is 4.42 Å². The van der Waals surface area contributed by atoms with Gasteiger partial charge >= 0.3 is 5.69 Å². The molecule has 0 N–H and O–H groups in total. The Morgan fingerprint density at radius 3 is 2.84 bits per heavy atom. The normalized spacial score (nSPS) is 23.6. The first-order chi connectivity index (χ1) is 17.5. The van der Waals surface area contributed by atoms with Gasteiger partial charge in [0.05, 0.1) is 23.0 Å². The van der Waals surface area contributed by atoms with Crippen molar-refractivity contribution < 1.29 is 4.42 Å². The van der Waals surface area contributed by atoms with E-state index in [-0.39, 0.29) is 16.5 Å². The van der Waals surface area contributed by atoms with E-state index in [1.165, 1.54) is 0 Å². The number of hydrogen-bond acceptors (Lipinski definition) is 6. The molecular weight excluding hydrogens is 464 g/mol. The number of oxazole rings is 1. The molecule has 192 valence electrons. The van der Waals surface area contributed by atoms with Crippen LogP contribution in [0.15, 0.2) is 39.1 Å². The summed E-state index contributed by atoms with van der Waals surface area (Å²) < 4.78 is 9.22. The van der Waals surface area contributed by atoms with Crippen molar-refractivity contribution in [2.24, 2.45) is 23.8 Å². The number of pyridine rings is 1. The molecule has 8 nitrogen and oxygen atoms in total. The first-order valence-electron chi connectivity index (χ1n) is 13.1. The number of fused-ring (bicyclic) bond motifs is 3. The molecule has 2 aliphatic carbocycles. The predicted octanol–water partition coefficient (Wildman–Crippen LogP) is 4.38. The quantitative estimate of drug-likeness (QED) is 0.530. The number of allylic oxidation sites excluding steroid dienone is 3. The van der Waals surface area contributed by atoms with Gasteiger partial charge in [-0.15, -0.1) is 0 Å². The molecule has 37 heavy (non-hydrogen) atoms. The Hall–Kier alpha value is -3.44. The van der Waals surface area contributed by atoms with Crippen LogP contribution in [0.5, 0.6) is 0 Å². The van der Waals surface area contributed by atoms with Crippen LogP contribution in [-0.2, 0) is 26.6 Å². The molecule has 0 amide bonds. The summed E-state index contributed by atoms with van der Waals surface area (Å²) in [6.45, 7) is 11.6. The smallest absolute Gasteiger partial charge is 0.330 e. The Morgan fingerprint density at radius 1 is 1.27 bits per heavy atom. The van der Waals surface area contributed by atoms with E-state index in [1.54, 1.807) is 11.6 Å². The zero-order valence-corrected chi connectivity index (χ0v) is 22.3. The highest BCUT2D eigenvalue weighted by atomic mass is 16.4. The van der Waals surface area contributed by atoms with Gasteiger partial charge in [0.1, 0.15) is 5.76 Å². The van der Waals surface area contributed by atoms with E-state index in [0.29, 0.717) is 24.5 Å². The molecule has 2 atom stereocenters. The van der Waals surface area contributed by atoms with Crippen molar-refractivity contribution in [3.63, 3.8) is 0 Å². The van der Waals surface area contributed by atoms with Crippen molar-refractivity contribution in [1.29, 1.82) is 5.26 Å². The minimum atomic E-state index is -0.0479. The maximum absolute atomic E-state index is 13.0. The highest BCUT2D eigenvalue weighted by Crippen LogP contribution is 2.58. The molecule has 1 saturated carbocycles. The van der Waals surface area contributed by atoms with Gasteiger partial charge in [-0.3, -0.25) is 14.0 Å². The first-order valence-corrected chi connectivity index (χ1v) is 13.1. The lowest BCUT2D eigenvalue weighted by Gasteiger charge is -2.29. The highest BCUT2D eigenvalue weighted by molar-refractivity contribution is 5.77. The summed E-state index contributed by atoms with van der Waals surface area (Å²) in [5, 5.41) is 9.85. The summed E-state index contributed by atoms with van der Waals surface area (Å²) in [5.41, 5.74) is 5.21. The van der Waals surface area contributed by atoms with Gasteiger partial charge in [-0.05, 0) is 35.5 Å². The molecule has 0 aromatic carbocycles. The minimum Gasteiger partial charge on any atom is -0.446 e. The van der Waals surface area contributed by atoms with Crippen molar-refractivity contribution in [3.8, 4) is 6.07 Å². The van der Waals surface area contributed by atoms with Gasteiger partial charge in [-0.2, -0.15) is 5.26 Å². The SMILES string of the molecule is Cc1nc2c(o1)CCN(CC13C=C(c4ccc5c(n4)n(C)c(=O)n5CC(C)(C)C)CC(C#N)=CC1C3)C2. The van der Waals surface area contributed by atoms with Crippen molar-refractivity contribution >= 4 is 16.7 Å². The van der Waals surface area contributed by atoms with E-state index in [2.05, 4.69) is 48.9 Å². The van der Waals surface area contributed by atoms with Crippen molar-refractivity contribution in [2.45, 2.75) is 60.0 Å².